The fraction of sp³-hybridized carbons (Fsp3) is 0.750. The van der Waals surface area contributed by atoms with Crippen molar-refractivity contribution in [3.8, 4) is 0 Å². The summed E-state index contributed by atoms with van der Waals surface area (Å²) >= 11 is 0. The number of aromatic nitrogens is 2. The van der Waals surface area contributed by atoms with Gasteiger partial charge in [-0.3, -0.25) is 4.90 Å². The molecule has 2 aliphatic rings. The number of piperazine rings is 1. The highest BCUT2D eigenvalue weighted by atomic mass is 32.2. The second kappa shape index (κ2) is 6.28. The molecule has 0 spiro atoms. The minimum absolute atomic E-state index is 0.00699. The minimum Gasteiger partial charge on any atom is -0.444 e. The van der Waals surface area contributed by atoms with Gasteiger partial charge in [-0.2, -0.15) is 0 Å². The van der Waals surface area contributed by atoms with E-state index in [1.54, 1.807) is 11.2 Å². The molecule has 2 atom stereocenters. The van der Waals surface area contributed by atoms with Crippen LogP contribution < -0.4 is 0 Å². The quantitative estimate of drug-likeness (QED) is 0.832. The number of sulfone groups is 1. The van der Waals surface area contributed by atoms with Crippen molar-refractivity contribution >= 4 is 15.9 Å². The van der Waals surface area contributed by atoms with Gasteiger partial charge < -0.3 is 14.6 Å². The molecular formula is C16H26N4O4S. The molecule has 2 fully saturated rings. The highest BCUT2D eigenvalue weighted by molar-refractivity contribution is 7.91. The third-order valence-electron chi connectivity index (χ3n) is 4.71. The molecule has 3 heterocycles. The molecule has 8 nitrogen and oxygen atoms in total. The molecule has 1 amide bonds. The Bertz CT molecular complexity index is 752. The molecule has 0 bridgehead atoms. The SMILES string of the molecule is Cc1[nH]cnc1CN1CCN(C(=O)OC(C)(C)C)[C@H]2CS(=O)(=O)C[C@@H]21. The van der Waals surface area contributed by atoms with E-state index in [9.17, 15) is 13.2 Å². The van der Waals surface area contributed by atoms with E-state index in [1.165, 1.54) is 0 Å². The number of amides is 1. The number of aromatic amines is 1. The topological polar surface area (TPSA) is 95.6 Å². The predicted octanol–water partition coefficient (Wildman–Crippen LogP) is 0.936. The number of aryl methyl sites for hydroxylation is 1. The van der Waals surface area contributed by atoms with Crippen LogP contribution in [-0.4, -0.2) is 76.6 Å². The predicted molar refractivity (Wildman–Crippen MR) is 92.9 cm³/mol. The number of H-pyrrole nitrogens is 1. The van der Waals surface area contributed by atoms with Crippen molar-refractivity contribution in [1.29, 1.82) is 0 Å². The molecule has 9 heteroatoms. The van der Waals surface area contributed by atoms with Gasteiger partial charge in [-0.25, -0.2) is 18.2 Å². The molecule has 2 aliphatic heterocycles. The summed E-state index contributed by atoms with van der Waals surface area (Å²) in [5, 5.41) is 0. The smallest absolute Gasteiger partial charge is 0.410 e. The van der Waals surface area contributed by atoms with Crippen LogP contribution in [0.15, 0.2) is 6.33 Å². The largest absolute Gasteiger partial charge is 0.444 e. The van der Waals surface area contributed by atoms with Crippen molar-refractivity contribution in [3.05, 3.63) is 17.7 Å². The number of nitrogens with zero attached hydrogens (tertiary/aromatic N) is 3. The standard InChI is InChI=1S/C16H26N4O4S/c1-11-12(18-10-17-11)7-19-5-6-20(15(21)24-16(2,3)4)14-9-25(22,23)8-13(14)19/h10,13-14H,5-9H2,1-4H3,(H,17,18)/t13-,14-/m0/s1. The lowest BCUT2D eigenvalue weighted by molar-refractivity contribution is -0.0107. The zero-order chi connectivity index (χ0) is 18.4. The Hall–Kier alpha value is -1.61. The molecule has 2 saturated heterocycles. The highest BCUT2D eigenvalue weighted by Crippen LogP contribution is 2.29. The van der Waals surface area contributed by atoms with Crippen LogP contribution in [0.3, 0.4) is 0 Å². The Morgan fingerprint density at radius 1 is 1.32 bits per heavy atom. The zero-order valence-corrected chi connectivity index (χ0v) is 16.0. The monoisotopic (exact) mass is 370 g/mol. The molecular weight excluding hydrogens is 344 g/mol. The van der Waals surface area contributed by atoms with Gasteiger partial charge in [0, 0.05) is 31.4 Å². The Labute approximate surface area is 148 Å². The Kier molecular flexibility index (Phi) is 4.57. The molecule has 140 valence electrons. The van der Waals surface area contributed by atoms with Gasteiger partial charge in [-0.15, -0.1) is 0 Å². The van der Waals surface area contributed by atoms with E-state index in [0.717, 1.165) is 11.4 Å². The van der Waals surface area contributed by atoms with E-state index in [1.807, 2.05) is 27.7 Å². The van der Waals surface area contributed by atoms with E-state index < -0.39 is 21.5 Å². The van der Waals surface area contributed by atoms with Crippen molar-refractivity contribution in [2.24, 2.45) is 0 Å². The van der Waals surface area contributed by atoms with Crippen molar-refractivity contribution < 1.29 is 17.9 Å². The second-order valence-electron chi connectivity index (χ2n) is 7.83. The van der Waals surface area contributed by atoms with Crippen LogP contribution in [0.25, 0.3) is 0 Å². The van der Waals surface area contributed by atoms with Crippen LogP contribution in [0.5, 0.6) is 0 Å². The number of imidazole rings is 1. The molecule has 0 saturated carbocycles. The van der Waals surface area contributed by atoms with E-state index in [2.05, 4.69) is 14.9 Å². The lowest BCUT2D eigenvalue weighted by Crippen LogP contribution is -2.60. The minimum atomic E-state index is -3.18. The summed E-state index contributed by atoms with van der Waals surface area (Å²) in [5.41, 5.74) is 1.29. The van der Waals surface area contributed by atoms with E-state index in [-0.39, 0.29) is 23.6 Å². The number of hydrogen-bond acceptors (Lipinski definition) is 6. The third-order valence-corrected chi connectivity index (χ3v) is 6.40. The van der Waals surface area contributed by atoms with Gasteiger partial charge in [0.1, 0.15) is 5.60 Å². The molecule has 1 aromatic heterocycles. The Morgan fingerprint density at radius 3 is 2.60 bits per heavy atom. The average Bonchev–Trinajstić information content (AvgIpc) is 2.99. The van der Waals surface area contributed by atoms with Crippen molar-refractivity contribution in [1.82, 2.24) is 19.8 Å². The van der Waals surface area contributed by atoms with Crippen LogP contribution >= 0.6 is 0 Å². The first kappa shape index (κ1) is 18.2. The fourth-order valence-corrected chi connectivity index (χ4v) is 5.52. The molecule has 3 rings (SSSR count). The first-order chi connectivity index (χ1) is 11.6. The van der Waals surface area contributed by atoms with Gasteiger partial charge >= 0.3 is 6.09 Å². The van der Waals surface area contributed by atoms with Crippen LogP contribution in [0.1, 0.15) is 32.2 Å². The normalized spacial score (nSPS) is 26.5. The summed E-state index contributed by atoms with van der Waals surface area (Å²) in [6, 6.07) is -0.588. The van der Waals surface area contributed by atoms with Gasteiger partial charge in [0.25, 0.3) is 0 Å². The second-order valence-corrected chi connectivity index (χ2v) is 9.98. The maximum absolute atomic E-state index is 12.5. The van der Waals surface area contributed by atoms with Crippen LogP contribution in [0.2, 0.25) is 0 Å². The molecule has 0 aliphatic carbocycles. The Balaban J connectivity index is 1.80. The van der Waals surface area contributed by atoms with Gasteiger partial charge in [0.2, 0.25) is 0 Å². The molecule has 25 heavy (non-hydrogen) atoms. The first-order valence-corrected chi connectivity index (χ1v) is 10.3. The molecule has 1 aromatic rings. The van der Waals surface area contributed by atoms with Crippen molar-refractivity contribution in [3.63, 3.8) is 0 Å². The Morgan fingerprint density at radius 2 is 2.00 bits per heavy atom. The van der Waals surface area contributed by atoms with E-state index in [4.69, 9.17) is 4.74 Å². The molecule has 0 unspecified atom stereocenters. The molecule has 1 N–H and O–H groups in total. The van der Waals surface area contributed by atoms with Crippen molar-refractivity contribution in [2.75, 3.05) is 24.6 Å². The maximum Gasteiger partial charge on any atom is 0.410 e. The van der Waals surface area contributed by atoms with Crippen LogP contribution in [-0.2, 0) is 21.1 Å². The lowest BCUT2D eigenvalue weighted by Gasteiger charge is -2.43. The molecule has 0 aromatic carbocycles. The summed E-state index contributed by atoms with van der Waals surface area (Å²) in [5.74, 6) is 0.0629. The van der Waals surface area contributed by atoms with Crippen LogP contribution in [0, 0.1) is 6.92 Å². The van der Waals surface area contributed by atoms with E-state index >= 15 is 0 Å². The highest BCUT2D eigenvalue weighted by Gasteiger charge is 2.49. The number of carbonyl (C=O) groups is 1. The van der Waals surface area contributed by atoms with Gasteiger partial charge in [0.05, 0.1) is 29.6 Å². The van der Waals surface area contributed by atoms with E-state index in [0.29, 0.717) is 19.6 Å². The molecule has 0 radical (unpaired) electrons. The summed E-state index contributed by atoms with van der Waals surface area (Å²) in [7, 11) is -3.18. The maximum atomic E-state index is 12.5. The number of ether oxygens (including phenoxy) is 1. The number of rotatable bonds is 2. The summed E-state index contributed by atoms with van der Waals surface area (Å²) in [6.45, 7) is 9.01. The lowest BCUT2D eigenvalue weighted by atomic mass is 10.0. The third kappa shape index (κ3) is 3.98. The number of carbonyl (C=O) groups excluding carboxylic acids is 1. The zero-order valence-electron chi connectivity index (χ0n) is 15.2. The number of fused-ring (bicyclic) bond motifs is 1. The number of hydrogen-bond donors (Lipinski definition) is 1. The summed E-state index contributed by atoms with van der Waals surface area (Å²) < 4.78 is 29.9. The number of nitrogens with one attached hydrogen (secondary N) is 1. The summed E-state index contributed by atoms with van der Waals surface area (Å²) in [6.07, 6.45) is 1.21. The summed E-state index contributed by atoms with van der Waals surface area (Å²) in [4.78, 5) is 23.6. The van der Waals surface area contributed by atoms with Gasteiger partial charge in [-0.05, 0) is 27.7 Å². The van der Waals surface area contributed by atoms with Crippen molar-refractivity contribution in [2.45, 2.75) is 51.9 Å². The fourth-order valence-electron chi connectivity index (χ4n) is 3.51. The van der Waals surface area contributed by atoms with Gasteiger partial charge in [-0.1, -0.05) is 0 Å². The van der Waals surface area contributed by atoms with Crippen LogP contribution in [0.4, 0.5) is 4.79 Å². The average molecular weight is 370 g/mol. The van der Waals surface area contributed by atoms with Gasteiger partial charge in [0.15, 0.2) is 9.84 Å². The first-order valence-electron chi connectivity index (χ1n) is 8.49.